The number of Topliss-reactive ketones (excluding diaryl/α,β-unsaturated/α-hetero) is 1. The summed E-state index contributed by atoms with van der Waals surface area (Å²) in [5.74, 6) is -0.631. The maximum atomic E-state index is 12.9. The van der Waals surface area contributed by atoms with Gasteiger partial charge >= 0.3 is 6.18 Å². The van der Waals surface area contributed by atoms with E-state index < -0.39 is 11.7 Å². The highest BCUT2D eigenvalue weighted by Crippen LogP contribution is 2.34. The number of nitrogens with one attached hydrogen (secondary N) is 1. The number of rotatable bonds is 2. The molecule has 1 aromatic rings. The van der Waals surface area contributed by atoms with Gasteiger partial charge in [-0.05, 0) is 43.9 Å². The smallest absolute Gasteiger partial charge is 0.311 e. The van der Waals surface area contributed by atoms with Crippen LogP contribution in [-0.2, 0) is 6.18 Å². The SMILES string of the molecule is N#Cc1ccc(C(F)(F)F)cc1C(=O)C1CC2CCCC(C1)N2. The molecular weight excluding hydrogens is 305 g/mol. The van der Waals surface area contributed by atoms with Crippen molar-refractivity contribution in [2.75, 3.05) is 0 Å². The van der Waals surface area contributed by atoms with E-state index >= 15 is 0 Å². The Bertz CT molecular complexity index is 651. The second-order valence-electron chi connectivity index (χ2n) is 6.39. The van der Waals surface area contributed by atoms with Crippen molar-refractivity contribution < 1.29 is 18.0 Å². The number of nitrogens with zero attached hydrogens (tertiary/aromatic N) is 1. The van der Waals surface area contributed by atoms with E-state index in [0.29, 0.717) is 12.8 Å². The van der Waals surface area contributed by atoms with Crippen molar-refractivity contribution in [1.29, 1.82) is 5.26 Å². The number of fused-ring (bicyclic) bond motifs is 2. The first kappa shape index (κ1) is 16.0. The third-order valence-corrected chi connectivity index (χ3v) is 4.82. The minimum Gasteiger partial charge on any atom is -0.311 e. The summed E-state index contributed by atoms with van der Waals surface area (Å²) in [4.78, 5) is 12.7. The fourth-order valence-electron chi connectivity index (χ4n) is 3.72. The molecule has 0 radical (unpaired) electrons. The Labute approximate surface area is 132 Å². The summed E-state index contributed by atoms with van der Waals surface area (Å²) < 4.78 is 38.7. The van der Waals surface area contributed by atoms with Gasteiger partial charge in [0.1, 0.15) is 0 Å². The number of alkyl halides is 3. The van der Waals surface area contributed by atoms with Crippen LogP contribution in [-0.4, -0.2) is 17.9 Å². The van der Waals surface area contributed by atoms with Crippen molar-refractivity contribution >= 4 is 5.78 Å². The molecule has 122 valence electrons. The molecule has 3 nitrogen and oxygen atoms in total. The lowest BCUT2D eigenvalue weighted by atomic mass is 9.76. The number of halogens is 3. The van der Waals surface area contributed by atoms with Crippen molar-refractivity contribution in [3.63, 3.8) is 0 Å². The van der Waals surface area contributed by atoms with Crippen molar-refractivity contribution in [2.45, 2.75) is 50.4 Å². The van der Waals surface area contributed by atoms with Gasteiger partial charge in [0, 0.05) is 23.6 Å². The molecule has 2 unspecified atom stereocenters. The van der Waals surface area contributed by atoms with Gasteiger partial charge in [-0.2, -0.15) is 18.4 Å². The minimum absolute atomic E-state index is 0.0201. The number of nitriles is 1. The molecule has 2 heterocycles. The first-order valence-electron chi connectivity index (χ1n) is 7.80. The van der Waals surface area contributed by atoms with Crippen molar-refractivity contribution in [3.05, 3.63) is 34.9 Å². The van der Waals surface area contributed by atoms with E-state index in [2.05, 4.69) is 5.32 Å². The number of carbonyl (C=O) groups is 1. The maximum Gasteiger partial charge on any atom is 0.416 e. The third kappa shape index (κ3) is 3.25. The van der Waals surface area contributed by atoms with Gasteiger partial charge < -0.3 is 5.32 Å². The lowest BCUT2D eigenvalue weighted by molar-refractivity contribution is -0.137. The van der Waals surface area contributed by atoms with Crippen molar-refractivity contribution in [1.82, 2.24) is 5.32 Å². The van der Waals surface area contributed by atoms with Gasteiger partial charge in [0.15, 0.2) is 5.78 Å². The molecule has 0 aliphatic carbocycles. The fraction of sp³-hybridized carbons (Fsp3) is 0.529. The van der Waals surface area contributed by atoms with E-state index in [-0.39, 0.29) is 34.9 Å². The third-order valence-electron chi connectivity index (χ3n) is 4.82. The van der Waals surface area contributed by atoms with Crippen molar-refractivity contribution in [2.24, 2.45) is 5.92 Å². The maximum absolute atomic E-state index is 12.9. The Morgan fingerprint density at radius 3 is 2.43 bits per heavy atom. The number of ketones is 1. The van der Waals surface area contributed by atoms with Gasteiger partial charge in [0.2, 0.25) is 0 Å². The van der Waals surface area contributed by atoms with E-state index in [0.717, 1.165) is 37.5 Å². The van der Waals surface area contributed by atoms with Crippen LogP contribution in [0.2, 0.25) is 0 Å². The number of benzene rings is 1. The van der Waals surface area contributed by atoms with Crippen LogP contribution in [0.1, 0.15) is 53.6 Å². The van der Waals surface area contributed by atoms with Crippen LogP contribution in [0, 0.1) is 17.2 Å². The van der Waals surface area contributed by atoms with Gasteiger partial charge in [-0.3, -0.25) is 4.79 Å². The summed E-state index contributed by atoms with van der Waals surface area (Å²) in [6.45, 7) is 0. The highest BCUT2D eigenvalue weighted by molar-refractivity contribution is 6.00. The molecule has 3 rings (SSSR count). The molecule has 0 amide bonds. The molecule has 2 fully saturated rings. The molecule has 2 bridgehead atoms. The Kier molecular flexibility index (Phi) is 4.15. The molecule has 6 heteroatoms. The van der Waals surface area contributed by atoms with Crippen LogP contribution in [0.25, 0.3) is 0 Å². The van der Waals surface area contributed by atoms with E-state index in [1.807, 2.05) is 6.07 Å². The minimum atomic E-state index is -4.52. The number of hydrogen-bond acceptors (Lipinski definition) is 3. The van der Waals surface area contributed by atoms with Crippen LogP contribution < -0.4 is 5.32 Å². The Morgan fingerprint density at radius 2 is 1.87 bits per heavy atom. The molecule has 0 spiro atoms. The summed E-state index contributed by atoms with van der Waals surface area (Å²) in [5, 5.41) is 12.6. The number of carbonyl (C=O) groups excluding carboxylic acids is 1. The molecule has 2 aliphatic heterocycles. The van der Waals surface area contributed by atoms with Crippen LogP contribution in [0.3, 0.4) is 0 Å². The molecule has 1 aromatic carbocycles. The molecule has 2 atom stereocenters. The number of hydrogen-bond donors (Lipinski definition) is 1. The summed E-state index contributed by atoms with van der Waals surface area (Å²) in [6.07, 6.45) is -0.140. The molecule has 0 aromatic heterocycles. The van der Waals surface area contributed by atoms with Crippen LogP contribution in [0.15, 0.2) is 18.2 Å². The molecule has 2 aliphatic rings. The lowest BCUT2D eigenvalue weighted by Crippen LogP contribution is -2.50. The monoisotopic (exact) mass is 322 g/mol. The van der Waals surface area contributed by atoms with E-state index in [9.17, 15) is 18.0 Å². The Morgan fingerprint density at radius 1 is 1.22 bits per heavy atom. The highest BCUT2D eigenvalue weighted by Gasteiger charge is 2.37. The molecular formula is C17H17F3N2O. The van der Waals surface area contributed by atoms with E-state index in [1.165, 1.54) is 0 Å². The predicted molar refractivity (Wildman–Crippen MR) is 77.8 cm³/mol. The first-order valence-corrected chi connectivity index (χ1v) is 7.80. The van der Waals surface area contributed by atoms with E-state index in [1.54, 1.807) is 0 Å². The fourth-order valence-corrected chi connectivity index (χ4v) is 3.72. The topological polar surface area (TPSA) is 52.9 Å². The van der Waals surface area contributed by atoms with Gasteiger partial charge in [-0.1, -0.05) is 6.42 Å². The first-order chi connectivity index (χ1) is 10.9. The zero-order chi connectivity index (χ0) is 16.6. The number of piperidine rings is 2. The van der Waals surface area contributed by atoms with Crippen LogP contribution >= 0.6 is 0 Å². The standard InChI is InChI=1S/C17H17F3N2O/c18-17(19,20)12-5-4-10(9-21)15(8-12)16(23)11-6-13-2-1-3-14(7-11)22-13/h4-5,8,11,13-14,22H,1-3,6-7H2. The largest absolute Gasteiger partial charge is 0.416 e. The van der Waals surface area contributed by atoms with Crippen LogP contribution in [0.4, 0.5) is 13.2 Å². The normalized spacial score (nSPS) is 27.3. The Hall–Kier alpha value is -1.87. The molecule has 2 saturated heterocycles. The van der Waals surface area contributed by atoms with E-state index in [4.69, 9.17) is 5.26 Å². The zero-order valence-corrected chi connectivity index (χ0v) is 12.5. The average Bonchev–Trinajstić information content (AvgIpc) is 2.52. The van der Waals surface area contributed by atoms with Crippen molar-refractivity contribution in [3.8, 4) is 6.07 Å². The second kappa shape index (κ2) is 5.97. The van der Waals surface area contributed by atoms with Gasteiger partial charge in [-0.25, -0.2) is 0 Å². The zero-order valence-electron chi connectivity index (χ0n) is 12.5. The molecule has 0 saturated carbocycles. The lowest BCUT2D eigenvalue weighted by Gasteiger charge is -2.39. The van der Waals surface area contributed by atoms with Gasteiger partial charge in [-0.15, -0.1) is 0 Å². The molecule has 1 N–H and O–H groups in total. The summed E-state index contributed by atoms with van der Waals surface area (Å²) >= 11 is 0. The van der Waals surface area contributed by atoms with Gasteiger partial charge in [0.25, 0.3) is 0 Å². The summed E-state index contributed by atoms with van der Waals surface area (Å²) in [6, 6.07) is 5.14. The highest BCUT2D eigenvalue weighted by atomic mass is 19.4. The summed E-state index contributed by atoms with van der Waals surface area (Å²) in [7, 11) is 0. The predicted octanol–water partition coefficient (Wildman–Crippen LogP) is 3.68. The Balaban J connectivity index is 1.91. The van der Waals surface area contributed by atoms with Gasteiger partial charge in [0.05, 0.1) is 17.2 Å². The average molecular weight is 322 g/mol. The quantitative estimate of drug-likeness (QED) is 0.845. The van der Waals surface area contributed by atoms with Crippen LogP contribution in [0.5, 0.6) is 0 Å². The summed E-state index contributed by atoms with van der Waals surface area (Å²) in [5.41, 5.74) is -0.951. The second-order valence-corrected chi connectivity index (χ2v) is 6.39. The molecule has 23 heavy (non-hydrogen) atoms.